The average Bonchev–Trinajstić information content (AvgIpc) is 2.07. The molecule has 0 bridgehead atoms. The molecule has 0 heterocycles. The first-order chi connectivity index (χ1) is 5.36. The summed E-state index contributed by atoms with van der Waals surface area (Å²) in [4.78, 5) is 0. The van der Waals surface area contributed by atoms with E-state index in [-0.39, 0.29) is 0 Å². The van der Waals surface area contributed by atoms with Crippen LogP contribution in [0.15, 0.2) is 24.3 Å². The molecular formula is C11H15. The summed E-state index contributed by atoms with van der Waals surface area (Å²) in [7, 11) is 0. The van der Waals surface area contributed by atoms with Crippen LogP contribution in [0, 0.1) is 6.92 Å². The van der Waals surface area contributed by atoms with Crippen molar-refractivity contribution in [3.63, 3.8) is 0 Å². The van der Waals surface area contributed by atoms with Crippen LogP contribution in [0.3, 0.4) is 0 Å². The minimum atomic E-state index is 0.992. The zero-order chi connectivity index (χ0) is 8.10. The van der Waals surface area contributed by atoms with Crippen molar-refractivity contribution in [2.75, 3.05) is 0 Å². The van der Waals surface area contributed by atoms with Crippen LogP contribution >= 0.6 is 0 Å². The SMILES string of the molecule is [CH2]CCc1ccc(CC)cc1. The van der Waals surface area contributed by atoms with Gasteiger partial charge in [0, 0.05) is 0 Å². The molecule has 1 aromatic carbocycles. The topological polar surface area (TPSA) is 0 Å². The van der Waals surface area contributed by atoms with E-state index in [2.05, 4.69) is 38.1 Å². The number of rotatable bonds is 3. The van der Waals surface area contributed by atoms with Crippen LogP contribution < -0.4 is 0 Å². The van der Waals surface area contributed by atoms with Crippen LogP contribution in [0.2, 0.25) is 0 Å². The third-order valence-corrected chi connectivity index (χ3v) is 1.90. The standard InChI is InChI=1S/C11H15/c1-3-5-11-8-6-10(4-2)7-9-11/h6-9H,1,3-5H2,2H3. The van der Waals surface area contributed by atoms with Gasteiger partial charge >= 0.3 is 0 Å². The van der Waals surface area contributed by atoms with E-state index in [9.17, 15) is 0 Å². The number of aryl methyl sites for hydroxylation is 2. The van der Waals surface area contributed by atoms with Gasteiger partial charge in [0.1, 0.15) is 0 Å². The van der Waals surface area contributed by atoms with E-state index in [0.717, 1.165) is 19.3 Å². The van der Waals surface area contributed by atoms with Gasteiger partial charge in [-0.2, -0.15) is 0 Å². The molecule has 1 aromatic rings. The molecule has 0 aliphatic heterocycles. The maximum atomic E-state index is 3.82. The van der Waals surface area contributed by atoms with Crippen molar-refractivity contribution in [2.24, 2.45) is 0 Å². The minimum absolute atomic E-state index is 0.992. The molecule has 1 radical (unpaired) electrons. The van der Waals surface area contributed by atoms with Gasteiger partial charge in [-0.15, -0.1) is 0 Å². The van der Waals surface area contributed by atoms with Crippen molar-refractivity contribution in [2.45, 2.75) is 26.2 Å². The van der Waals surface area contributed by atoms with Crippen LogP contribution in [0.1, 0.15) is 24.5 Å². The van der Waals surface area contributed by atoms with E-state index in [1.807, 2.05) is 0 Å². The zero-order valence-corrected chi connectivity index (χ0v) is 7.14. The summed E-state index contributed by atoms with van der Waals surface area (Å²) >= 11 is 0. The minimum Gasteiger partial charge on any atom is -0.0613 e. The maximum Gasteiger partial charge on any atom is -0.0279 e. The van der Waals surface area contributed by atoms with Crippen molar-refractivity contribution in [1.29, 1.82) is 0 Å². The van der Waals surface area contributed by atoms with Crippen LogP contribution in [-0.4, -0.2) is 0 Å². The smallest absolute Gasteiger partial charge is 0.0279 e. The number of hydrogen-bond acceptors (Lipinski definition) is 0. The first kappa shape index (κ1) is 8.32. The Labute approximate surface area is 69.3 Å². The molecule has 0 aliphatic carbocycles. The Bertz CT molecular complexity index is 196. The summed E-state index contributed by atoms with van der Waals surface area (Å²) in [6.45, 7) is 6.00. The quantitative estimate of drug-likeness (QED) is 0.616. The van der Waals surface area contributed by atoms with Gasteiger partial charge in [-0.05, 0) is 30.4 Å². The molecule has 0 amide bonds. The first-order valence-electron chi connectivity index (χ1n) is 4.24. The number of benzene rings is 1. The lowest BCUT2D eigenvalue weighted by Crippen LogP contribution is -1.84. The van der Waals surface area contributed by atoms with E-state index < -0.39 is 0 Å². The van der Waals surface area contributed by atoms with E-state index in [4.69, 9.17) is 0 Å². The molecule has 0 atom stereocenters. The summed E-state index contributed by atoms with van der Waals surface area (Å²) < 4.78 is 0. The lowest BCUT2D eigenvalue weighted by Gasteiger charge is -1.99. The van der Waals surface area contributed by atoms with Gasteiger partial charge in [0.2, 0.25) is 0 Å². The molecule has 0 aromatic heterocycles. The summed E-state index contributed by atoms with van der Waals surface area (Å²) in [5.41, 5.74) is 2.81. The summed E-state index contributed by atoms with van der Waals surface area (Å²) in [5.74, 6) is 0. The molecule has 0 N–H and O–H groups in total. The highest BCUT2D eigenvalue weighted by atomic mass is 14.0. The van der Waals surface area contributed by atoms with E-state index >= 15 is 0 Å². The summed E-state index contributed by atoms with van der Waals surface area (Å²) in [6, 6.07) is 8.80. The highest BCUT2D eigenvalue weighted by molar-refractivity contribution is 5.22. The van der Waals surface area contributed by atoms with Crippen molar-refractivity contribution in [1.82, 2.24) is 0 Å². The predicted octanol–water partition coefficient (Wildman–Crippen LogP) is 3.02. The second kappa shape index (κ2) is 4.17. The second-order valence-electron chi connectivity index (χ2n) is 2.77. The lowest BCUT2D eigenvalue weighted by atomic mass is 10.1. The molecule has 0 aliphatic rings. The van der Waals surface area contributed by atoms with Gasteiger partial charge < -0.3 is 0 Å². The van der Waals surface area contributed by atoms with E-state index in [0.29, 0.717) is 0 Å². The van der Waals surface area contributed by atoms with Crippen LogP contribution in [0.4, 0.5) is 0 Å². The summed E-state index contributed by atoms with van der Waals surface area (Å²) in [5, 5.41) is 0. The van der Waals surface area contributed by atoms with E-state index in [1.165, 1.54) is 11.1 Å². The highest BCUT2D eigenvalue weighted by Gasteiger charge is 1.90. The largest absolute Gasteiger partial charge is 0.0613 e. The second-order valence-corrected chi connectivity index (χ2v) is 2.77. The molecule has 0 fully saturated rings. The molecule has 0 nitrogen and oxygen atoms in total. The summed E-state index contributed by atoms with van der Waals surface area (Å²) in [6.07, 6.45) is 3.22. The zero-order valence-electron chi connectivity index (χ0n) is 7.14. The average molecular weight is 147 g/mol. The number of hydrogen-bond donors (Lipinski definition) is 0. The van der Waals surface area contributed by atoms with Crippen LogP contribution in [0.5, 0.6) is 0 Å². The van der Waals surface area contributed by atoms with Crippen LogP contribution in [-0.2, 0) is 12.8 Å². The van der Waals surface area contributed by atoms with Crippen molar-refractivity contribution < 1.29 is 0 Å². The molecule has 59 valence electrons. The molecule has 1 rings (SSSR count). The Hall–Kier alpha value is -0.780. The Morgan fingerprint density at radius 2 is 1.64 bits per heavy atom. The van der Waals surface area contributed by atoms with Crippen molar-refractivity contribution in [3.05, 3.63) is 42.3 Å². The van der Waals surface area contributed by atoms with Gasteiger partial charge in [-0.1, -0.05) is 38.1 Å². The Morgan fingerprint density at radius 3 is 2.09 bits per heavy atom. The van der Waals surface area contributed by atoms with Gasteiger partial charge in [0.15, 0.2) is 0 Å². The fourth-order valence-electron chi connectivity index (χ4n) is 1.15. The van der Waals surface area contributed by atoms with E-state index in [1.54, 1.807) is 0 Å². The molecule has 0 saturated heterocycles. The first-order valence-corrected chi connectivity index (χ1v) is 4.24. The van der Waals surface area contributed by atoms with Gasteiger partial charge in [-0.25, -0.2) is 0 Å². The van der Waals surface area contributed by atoms with Gasteiger partial charge in [0.25, 0.3) is 0 Å². The Balaban J connectivity index is 2.66. The van der Waals surface area contributed by atoms with Gasteiger partial charge in [-0.3, -0.25) is 0 Å². The molecule has 0 heteroatoms. The van der Waals surface area contributed by atoms with Crippen molar-refractivity contribution >= 4 is 0 Å². The molecule has 0 saturated carbocycles. The fraction of sp³-hybridized carbons (Fsp3) is 0.364. The third kappa shape index (κ3) is 2.38. The lowest BCUT2D eigenvalue weighted by molar-refractivity contribution is 0.994. The monoisotopic (exact) mass is 147 g/mol. The van der Waals surface area contributed by atoms with Crippen molar-refractivity contribution in [3.8, 4) is 0 Å². The molecule has 0 spiro atoms. The predicted molar refractivity (Wildman–Crippen MR) is 49.5 cm³/mol. The third-order valence-electron chi connectivity index (χ3n) is 1.90. The fourth-order valence-corrected chi connectivity index (χ4v) is 1.15. The molecule has 0 unspecified atom stereocenters. The molecular weight excluding hydrogens is 132 g/mol. The normalized spacial score (nSPS) is 10.0. The maximum absolute atomic E-state index is 3.82. The van der Waals surface area contributed by atoms with Gasteiger partial charge in [0.05, 0.1) is 0 Å². The Kier molecular flexibility index (Phi) is 3.15. The van der Waals surface area contributed by atoms with Crippen LogP contribution in [0.25, 0.3) is 0 Å². The molecule has 11 heavy (non-hydrogen) atoms. The highest BCUT2D eigenvalue weighted by Crippen LogP contribution is 2.06. The Morgan fingerprint density at radius 1 is 1.09 bits per heavy atom.